The van der Waals surface area contributed by atoms with E-state index in [-0.39, 0.29) is 11.8 Å². The Hall–Kier alpha value is -0.860. The summed E-state index contributed by atoms with van der Waals surface area (Å²) in [7, 11) is 0. The minimum atomic E-state index is 0.157. The van der Waals surface area contributed by atoms with Crippen LogP contribution in [0.2, 0.25) is 0 Å². The van der Waals surface area contributed by atoms with Crippen LogP contribution >= 0.6 is 0 Å². The number of hydrogen-bond acceptors (Lipinski definition) is 2. The molecule has 3 heteroatoms. The Morgan fingerprint density at radius 3 is 2.41 bits per heavy atom. The Morgan fingerprint density at radius 2 is 1.88 bits per heavy atom. The van der Waals surface area contributed by atoms with E-state index < -0.39 is 0 Å². The number of carbonyl (C=O) groups is 1. The maximum atomic E-state index is 11.9. The molecule has 3 atom stereocenters. The summed E-state index contributed by atoms with van der Waals surface area (Å²) in [6, 6.07) is 0. The second-order valence-corrected chi connectivity index (χ2v) is 6.06. The van der Waals surface area contributed by atoms with Gasteiger partial charge in [-0.25, -0.2) is 5.43 Å². The lowest BCUT2D eigenvalue weighted by Gasteiger charge is -2.04. The molecular formula is C14H24N2O. The van der Waals surface area contributed by atoms with Gasteiger partial charge in [0, 0.05) is 11.6 Å². The van der Waals surface area contributed by atoms with Gasteiger partial charge in [0.05, 0.1) is 0 Å². The van der Waals surface area contributed by atoms with Crippen LogP contribution in [0.25, 0.3) is 0 Å². The third-order valence-corrected chi connectivity index (χ3v) is 4.02. The minimum absolute atomic E-state index is 0.157. The maximum absolute atomic E-state index is 11.9. The van der Waals surface area contributed by atoms with E-state index in [4.69, 9.17) is 0 Å². The number of nitrogens with one attached hydrogen (secondary N) is 1. The highest BCUT2D eigenvalue weighted by atomic mass is 16.2. The number of nitrogens with zero attached hydrogens (tertiary/aromatic N) is 1. The van der Waals surface area contributed by atoms with Gasteiger partial charge in [-0.1, -0.05) is 26.7 Å². The first kappa shape index (κ1) is 12.6. The fraction of sp³-hybridized carbons (Fsp3) is 0.857. The lowest BCUT2D eigenvalue weighted by atomic mass is 10.0. The molecule has 0 heterocycles. The van der Waals surface area contributed by atoms with Gasteiger partial charge in [-0.3, -0.25) is 4.79 Å². The number of carbonyl (C=O) groups excluding carboxylic acids is 1. The summed E-state index contributed by atoms with van der Waals surface area (Å²) in [5.41, 5.74) is 3.78. The molecular weight excluding hydrogens is 212 g/mol. The van der Waals surface area contributed by atoms with E-state index in [0.29, 0.717) is 17.8 Å². The van der Waals surface area contributed by atoms with E-state index in [1.165, 1.54) is 25.7 Å². The van der Waals surface area contributed by atoms with Crippen LogP contribution in [0.5, 0.6) is 0 Å². The van der Waals surface area contributed by atoms with Gasteiger partial charge in [0.2, 0.25) is 5.91 Å². The molecule has 2 fully saturated rings. The second kappa shape index (κ2) is 5.19. The van der Waals surface area contributed by atoms with Crippen molar-refractivity contribution < 1.29 is 4.79 Å². The van der Waals surface area contributed by atoms with Crippen LogP contribution in [0, 0.1) is 23.7 Å². The summed E-state index contributed by atoms with van der Waals surface area (Å²) in [4.78, 5) is 11.9. The average molecular weight is 236 g/mol. The number of amides is 1. The van der Waals surface area contributed by atoms with E-state index >= 15 is 0 Å². The molecule has 0 bridgehead atoms. The molecule has 1 N–H and O–H groups in total. The normalized spacial score (nSPS) is 32.2. The van der Waals surface area contributed by atoms with Crippen LogP contribution in [0.3, 0.4) is 0 Å². The van der Waals surface area contributed by atoms with E-state index in [2.05, 4.69) is 24.4 Å². The summed E-state index contributed by atoms with van der Waals surface area (Å²) >= 11 is 0. The van der Waals surface area contributed by atoms with E-state index in [1.807, 2.05) is 6.92 Å². The highest BCUT2D eigenvalue weighted by Crippen LogP contribution is 2.55. The van der Waals surface area contributed by atoms with E-state index in [1.54, 1.807) is 0 Å². The molecule has 0 aliphatic heterocycles. The predicted octanol–water partition coefficient (Wildman–Crippen LogP) is 2.96. The van der Waals surface area contributed by atoms with Crippen LogP contribution < -0.4 is 5.43 Å². The van der Waals surface area contributed by atoms with Crippen molar-refractivity contribution in [1.82, 2.24) is 5.43 Å². The lowest BCUT2D eigenvalue weighted by molar-refractivity contribution is -0.122. The topological polar surface area (TPSA) is 41.5 Å². The number of fused-ring (bicyclic) bond motifs is 1. The van der Waals surface area contributed by atoms with Crippen molar-refractivity contribution in [3.63, 3.8) is 0 Å². The van der Waals surface area contributed by atoms with Crippen molar-refractivity contribution in [2.75, 3.05) is 0 Å². The quantitative estimate of drug-likeness (QED) is 0.591. The van der Waals surface area contributed by atoms with Crippen molar-refractivity contribution in [3.8, 4) is 0 Å². The third-order valence-electron chi connectivity index (χ3n) is 4.02. The molecule has 0 aromatic carbocycles. The maximum Gasteiger partial charge on any atom is 0.243 e. The van der Waals surface area contributed by atoms with Crippen molar-refractivity contribution in [3.05, 3.63) is 0 Å². The zero-order chi connectivity index (χ0) is 12.4. The largest absolute Gasteiger partial charge is 0.273 e. The molecule has 2 saturated carbocycles. The van der Waals surface area contributed by atoms with Crippen molar-refractivity contribution in [2.24, 2.45) is 28.8 Å². The van der Waals surface area contributed by atoms with Crippen molar-refractivity contribution in [1.29, 1.82) is 0 Å². The Bertz CT molecular complexity index is 310. The van der Waals surface area contributed by atoms with Gasteiger partial charge in [-0.2, -0.15) is 5.10 Å². The molecule has 1 amide bonds. The van der Waals surface area contributed by atoms with Crippen LogP contribution in [0.4, 0.5) is 0 Å². The first-order valence-corrected chi connectivity index (χ1v) is 6.92. The first-order valence-electron chi connectivity index (χ1n) is 6.92. The Morgan fingerprint density at radius 1 is 1.29 bits per heavy atom. The van der Waals surface area contributed by atoms with Crippen LogP contribution in [-0.4, -0.2) is 11.6 Å². The van der Waals surface area contributed by atoms with Gasteiger partial charge in [-0.15, -0.1) is 0 Å². The summed E-state index contributed by atoms with van der Waals surface area (Å²) < 4.78 is 0. The molecule has 96 valence electrons. The minimum Gasteiger partial charge on any atom is -0.273 e. The third kappa shape index (κ3) is 3.08. The molecule has 0 radical (unpaired) electrons. The molecule has 2 aliphatic rings. The fourth-order valence-corrected chi connectivity index (χ4v) is 3.24. The van der Waals surface area contributed by atoms with Gasteiger partial charge in [-0.05, 0) is 43.9 Å². The predicted molar refractivity (Wildman–Crippen MR) is 69.6 cm³/mol. The second-order valence-electron chi connectivity index (χ2n) is 6.06. The molecule has 3 nitrogen and oxygen atoms in total. The lowest BCUT2D eigenvalue weighted by Crippen LogP contribution is -2.22. The van der Waals surface area contributed by atoms with Gasteiger partial charge in [0.15, 0.2) is 0 Å². The van der Waals surface area contributed by atoms with Gasteiger partial charge >= 0.3 is 0 Å². The number of hydrazone groups is 1. The zero-order valence-electron chi connectivity index (χ0n) is 11.2. The monoisotopic (exact) mass is 236 g/mol. The molecule has 2 aliphatic carbocycles. The molecule has 1 unspecified atom stereocenters. The molecule has 2 rings (SSSR count). The molecule has 0 aromatic rings. The SMILES string of the molecule is CC(CC(C)C)=NNC(=O)C1[C@H]2CCCC[C@@H]12. The van der Waals surface area contributed by atoms with Crippen molar-refractivity contribution in [2.45, 2.75) is 52.9 Å². The Balaban J connectivity index is 1.78. The highest BCUT2D eigenvalue weighted by Gasteiger charge is 2.54. The van der Waals surface area contributed by atoms with Crippen LogP contribution in [-0.2, 0) is 4.79 Å². The van der Waals surface area contributed by atoms with E-state index in [0.717, 1.165) is 12.1 Å². The van der Waals surface area contributed by atoms with Crippen molar-refractivity contribution >= 4 is 11.6 Å². The molecule has 0 spiro atoms. The summed E-state index contributed by atoms with van der Waals surface area (Å²) in [5, 5.41) is 4.20. The van der Waals surface area contributed by atoms with Gasteiger partial charge in [0.1, 0.15) is 0 Å². The molecule has 0 aromatic heterocycles. The standard InChI is InChI=1S/C14H24N2O/c1-9(2)8-10(3)15-16-14(17)13-11-6-4-5-7-12(11)13/h9,11-13H,4-8H2,1-3H3,(H,16,17)/t11-,12+,13?. The summed E-state index contributed by atoms with van der Waals surface area (Å²) in [6.07, 6.45) is 6.06. The zero-order valence-corrected chi connectivity index (χ0v) is 11.2. The van der Waals surface area contributed by atoms with E-state index in [9.17, 15) is 4.79 Å². The molecule has 17 heavy (non-hydrogen) atoms. The smallest absolute Gasteiger partial charge is 0.243 e. The Kier molecular flexibility index (Phi) is 3.85. The highest BCUT2D eigenvalue weighted by molar-refractivity contribution is 5.86. The molecule has 0 saturated heterocycles. The summed E-state index contributed by atoms with van der Waals surface area (Å²) in [6.45, 7) is 6.31. The summed E-state index contributed by atoms with van der Waals surface area (Å²) in [5.74, 6) is 2.37. The Labute approximate surface area is 104 Å². The van der Waals surface area contributed by atoms with Gasteiger partial charge < -0.3 is 0 Å². The number of hydrogen-bond donors (Lipinski definition) is 1. The van der Waals surface area contributed by atoms with Crippen LogP contribution in [0.15, 0.2) is 5.10 Å². The van der Waals surface area contributed by atoms with Gasteiger partial charge in [0.25, 0.3) is 0 Å². The van der Waals surface area contributed by atoms with Crippen LogP contribution in [0.1, 0.15) is 52.9 Å². The fourth-order valence-electron chi connectivity index (χ4n) is 3.24. The average Bonchev–Trinajstić information content (AvgIpc) is 2.99. The first-order chi connectivity index (χ1) is 8.09. The number of rotatable bonds is 4.